The molecule has 3 atom stereocenters. The molecule has 0 saturated carbocycles. The first kappa shape index (κ1) is 27.7. The second-order valence-corrected chi connectivity index (χ2v) is 12.7. The number of carbonyl (C=O) groups is 1. The van der Waals surface area contributed by atoms with Crippen LogP contribution < -0.4 is 15.0 Å². The number of nitrogens with one attached hydrogen (secondary N) is 2. The number of fused-ring (bicyclic) bond motifs is 4. The fraction of sp³-hybridized carbons (Fsp3) is 0.212. The summed E-state index contributed by atoms with van der Waals surface area (Å²) in [6.07, 6.45) is 6.43. The Labute approximate surface area is 244 Å². The molecule has 0 bridgehead atoms. The number of carbonyl (C=O) groups excluding carboxylic acids is 1. The van der Waals surface area contributed by atoms with Crippen LogP contribution in [0.15, 0.2) is 102 Å². The molecule has 2 aliphatic rings. The maximum Gasteiger partial charge on any atom is 0.260 e. The van der Waals surface area contributed by atoms with Crippen molar-refractivity contribution in [3.8, 4) is 0 Å². The van der Waals surface area contributed by atoms with Gasteiger partial charge in [-0.15, -0.1) is 0 Å². The van der Waals surface area contributed by atoms with Crippen molar-refractivity contribution >= 4 is 43.8 Å². The first-order valence-corrected chi connectivity index (χ1v) is 15.7. The van der Waals surface area contributed by atoms with Gasteiger partial charge in [0, 0.05) is 17.0 Å². The van der Waals surface area contributed by atoms with Gasteiger partial charge in [-0.3, -0.25) is 9.10 Å². The van der Waals surface area contributed by atoms with E-state index in [4.69, 9.17) is 0 Å². The second kappa shape index (κ2) is 11.1. The van der Waals surface area contributed by atoms with Crippen LogP contribution in [0.5, 0.6) is 0 Å². The molecule has 3 unspecified atom stereocenters. The fourth-order valence-corrected chi connectivity index (χ4v) is 6.87. The van der Waals surface area contributed by atoms with E-state index >= 15 is 0 Å². The third kappa shape index (κ3) is 5.39. The molecular formula is C33H31FN4O3S. The minimum absolute atomic E-state index is 0.0672. The molecule has 0 spiro atoms. The lowest BCUT2D eigenvalue weighted by Crippen LogP contribution is -2.39. The van der Waals surface area contributed by atoms with E-state index in [1.54, 1.807) is 19.1 Å². The van der Waals surface area contributed by atoms with Crippen LogP contribution >= 0.6 is 0 Å². The van der Waals surface area contributed by atoms with Crippen LogP contribution in [0.4, 0.5) is 15.8 Å². The molecule has 1 aliphatic carbocycles. The predicted molar refractivity (Wildman–Crippen MR) is 166 cm³/mol. The van der Waals surface area contributed by atoms with E-state index < -0.39 is 22.5 Å². The topological polar surface area (TPSA) is 90.9 Å². The van der Waals surface area contributed by atoms with Gasteiger partial charge in [0.15, 0.2) is 0 Å². The van der Waals surface area contributed by atoms with Gasteiger partial charge in [0.1, 0.15) is 12.4 Å². The summed E-state index contributed by atoms with van der Waals surface area (Å²) < 4.78 is 40.1. The van der Waals surface area contributed by atoms with Crippen molar-refractivity contribution in [2.45, 2.75) is 25.3 Å². The molecule has 2 N–H and O–H groups in total. The number of amides is 1. The molecule has 1 aliphatic heterocycles. The molecule has 9 heteroatoms. The smallest absolute Gasteiger partial charge is 0.260 e. The second-order valence-electron chi connectivity index (χ2n) is 10.8. The lowest BCUT2D eigenvalue weighted by molar-refractivity contribution is -0.119. The number of halogens is 1. The molecule has 0 radical (unpaired) electrons. The number of hydrazone groups is 1. The summed E-state index contributed by atoms with van der Waals surface area (Å²) in [6, 6.07) is 25.6. The van der Waals surface area contributed by atoms with Crippen LogP contribution in [0.2, 0.25) is 0 Å². The van der Waals surface area contributed by atoms with Crippen LogP contribution in [-0.4, -0.2) is 32.8 Å². The molecule has 4 aromatic rings. The Hall–Kier alpha value is -4.50. The van der Waals surface area contributed by atoms with Crippen LogP contribution in [0.25, 0.3) is 10.8 Å². The third-order valence-corrected chi connectivity index (χ3v) is 9.21. The summed E-state index contributed by atoms with van der Waals surface area (Å²) in [4.78, 5) is 13.0. The van der Waals surface area contributed by atoms with E-state index in [9.17, 15) is 17.6 Å². The van der Waals surface area contributed by atoms with E-state index in [2.05, 4.69) is 34.1 Å². The first-order chi connectivity index (χ1) is 20.2. The Morgan fingerprint density at radius 2 is 1.81 bits per heavy atom. The maximum absolute atomic E-state index is 13.5. The van der Waals surface area contributed by atoms with Gasteiger partial charge >= 0.3 is 0 Å². The van der Waals surface area contributed by atoms with E-state index in [1.165, 1.54) is 12.1 Å². The molecule has 0 fully saturated rings. The maximum atomic E-state index is 13.5. The number of allylic oxidation sites excluding steroid dienone is 2. The third-order valence-electron chi connectivity index (χ3n) is 8.08. The first-order valence-electron chi connectivity index (χ1n) is 13.8. The highest BCUT2D eigenvalue weighted by molar-refractivity contribution is 7.92. The normalized spacial score (nSPS) is 19.6. The summed E-state index contributed by atoms with van der Waals surface area (Å²) >= 11 is 0. The van der Waals surface area contributed by atoms with Crippen molar-refractivity contribution in [3.05, 3.63) is 120 Å². The average molecular weight is 583 g/mol. The molecule has 1 heterocycles. The Kier molecular flexibility index (Phi) is 7.28. The van der Waals surface area contributed by atoms with Gasteiger partial charge in [-0.2, -0.15) is 5.10 Å². The van der Waals surface area contributed by atoms with Gasteiger partial charge in [0.05, 0.1) is 23.7 Å². The van der Waals surface area contributed by atoms with Crippen molar-refractivity contribution in [2.75, 3.05) is 22.4 Å². The Morgan fingerprint density at radius 1 is 1.05 bits per heavy atom. The standard InChI is InChI=1S/C33H31FN4O3S/c1-21(36-37-32(39)20-38(42(2,40)41)31-12-5-8-22-7-3-4-9-26(22)31)24-15-18-30-29(19-24)27-10-6-11-28(27)33(35-30)23-13-16-25(34)17-14-23/h3-10,12-19,27-28,33,35H,11,20H2,1-2H3,(H,37,39). The monoisotopic (exact) mass is 582 g/mol. The van der Waals surface area contributed by atoms with E-state index in [-0.39, 0.29) is 17.8 Å². The zero-order chi connectivity index (χ0) is 29.4. The van der Waals surface area contributed by atoms with Gasteiger partial charge in [-0.05, 0) is 71.7 Å². The Balaban J connectivity index is 1.21. The minimum Gasteiger partial charge on any atom is -0.378 e. The number of anilines is 2. The molecule has 6 rings (SSSR count). The van der Waals surface area contributed by atoms with E-state index in [0.29, 0.717) is 17.3 Å². The molecule has 4 aromatic carbocycles. The zero-order valence-electron chi connectivity index (χ0n) is 23.3. The Bertz CT molecular complexity index is 1830. The van der Waals surface area contributed by atoms with Crippen LogP contribution in [0.1, 0.15) is 42.0 Å². The predicted octanol–water partition coefficient (Wildman–Crippen LogP) is 6.11. The van der Waals surface area contributed by atoms with Crippen LogP contribution in [0, 0.1) is 11.7 Å². The van der Waals surface area contributed by atoms with Crippen molar-refractivity contribution < 1.29 is 17.6 Å². The SMILES string of the molecule is CC(=NNC(=O)CN(c1cccc2ccccc12)S(C)(=O)=O)c1ccc2c(c1)C1C=CCC1C(c1ccc(F)cc1)N2. The van der Waals surface area contributed by atoms with Crippen LogP contribution in [-0.2, 0) is 14.8 Å². The molecular weight excluding hydrogens is 551 g/mol. The average Bonchev–Trinajstić information content (AvgIpc) is 3.48. The van der Waals surface area contributed by atoms with Crippen molar-refractivity contribution in [3.63, 3.8) is 0 Å². The molecule has 0 saturated heterocycles. The fourth-order valence-electron chi connectivity index (χ4n) is 6.00. The lowest BCUT2D eigenvalue weighted by Gasteiger charge is -2.37. The summed E-state index contributed by atoms with van der Waals surface area (Å²) in [5.41, 5.74) is 7.64. The number of rotatable bonds is 7. The molecule has 1 amide bonds. The van der Waals surface area contributed by atoms with Gasteiger partial charge in [0.25, 0.3) is 5.91 Å². The summed E-state index contributed by atoms with van der Waals surface area (Å²) in [5.74, 6) is -0.303. The quantitative estimate of drug-likeness (QED) is 0.156. The zero-order valence-corrected chi connectivity index (χ0v) is 24.1. The highest BCUT2D eigenvalue weighted by Crippen LogP contribution is 2.50. The highest BCUT2D eigenvalue weighted by Gasteiger charge is 2.38. The summed E-state index contributed by atoms with van der Waals surface area (Å²) in [7, 11) is -3.75. The van der Waals surface area contributed by atoms with Crippen molar-refractivity contribution in [1.82, 2.24) is 5.43 Å². The number of benzene rings is 4. The number of sulfonamides is 1. The number of nitrogens with zero attached hydrogens (tertiary/aromatic N) is 2. The summed E-state index contributed by atoms with van der Waals surface area (Å²) in [6.45, 7) is 1.40. The largest absolute Gasteiger partial charge is 0.378 e. The van der Waals surface area contributed by atoms with E-state index in [1.807, 2.05) is 54.6 Å². The summed E-state index contributed by atoms with van der Waals surface area (Å²) in [5, 5.41) is 9.58. The lowest BCUT2D eigenvalue weighted by atomic mass is 9.76. The number of hydrogen-bond acceptors (Lipinski definition) is 5. The molecule has 214 valence electrons. The Morgan fingerprint density at radius 3 is 2.60 bits per heavy atom. The molecule has 7 nitrogen and oxygen atoms in total. The minimum atomic E-state index is -3.75. The highest BCUT2D eigenvalue weighted by atomic mass is 32.2. The molecule has 42 heavy (non-hydrogen) atoms. The van der Waals surface area contributed by atoms with Crippen molar-refractivity contribution in [2.24, 2.45) is 11.0 Å². The van der Waals surface area contributed by atoms with Gasteiger partial charge in [-0.1, -0.05) is 66.7 Å². The van der Waals surface area contributed by atoms with Gasteiger partial charge < -0.3 is 5.32 Å². The van der Waals surface area contributed by atoms with Gasteiger partial charge in [-0.25, -0.2) is 18.2 Å². The van der Waals surface area contributed by atoms with Crippen molar-refractivity contribution in [1.29, 1.82) is 0 Å². The molecule has 0 aromatic heterocycles. The van der Waals surface area contributed by atoms with Gasteiger partial charge in [0.2, 0.25) is 10.0 Å². The number of hydrogen-bond donors (Lipinski definition) is 2. The van der Waals surface area contributed by atoms with E-state index in [0.717, 1.165) is 50.1 Å². The van der Waals surface area contributed by atoms with Crippen LogP contribution in [0.3, 0.4) is 0 Å².